The average molecular weight is 825 g/mol. The molecule has 10 aromatic carbocycles. The average Bonchev–Trinajstić information content (AvgIpc) is 3.81. The number of rotatable bonds is 6. The van der Waals surface area contributed by atoms with Gasteiger partial charge in [-0.2, -0.15) is 0 Å². The van der Waals surface area contributed by atoms with Crippen LogP contribution < -0.4 is 9.80 Å². The first-order valence-corrected chi connectivity index (χ1v) is 22.5. The van der Waals surface area contributed by atoms with Gasteiger partial charge in [-0.25, -0.2) is 0 Å². The molecule has 63 heavy (non-hydrogen) atoms. The molecule has 0 bridgehead atoms. The van der Waals surface area contributed by atoms with Crippen molar-refractivity contribution in [3.05, 3.63) is 217 Å². The van der Waals surface area contributed by atoms with Gasteiger partial charge in [-0.3, -0.25) is 0 Å². The lowest BCUT2D eigenvalue weighted by Crippen LogP contribution is -2.15. The first kappa shape index (κ1) is 36.2. The van der Waals surface area contributed by atoms with E-state index in [1.165, 1.54) is 64.7 Å². The number of hydrogen-bond donors (Lipinski definition) is 0. The van der Waals surface area contributed by atoms with Gasteiger partial charge < -0.3 is 14.2 Å². The van der Waals surface area contributed by atoms with E-state index >= 15 is 0 Å². The second-order valence-electron chi connectivity index (χ2n) is 17.3. The minimum absolute atomic E-state index is 0.0540. The van der Waals surface area contributed by atoms with Crippen molar-refractivity contribution in [3.63, 3.8) is 0 Å². The summed E-state index contributed by atoms with van der Waals surface area (Å²) in [5.41, 5.74) is 16.4. The zero-order valence-electron chi connectivity index (χ0n) is 34.8. The van der Waals surface area contributed by atoms with Crippen LogP contribution in [-0.4, -0.2) is 0 Å². The molecule has 0 amide bonds. The number of fused-ring (bicyclic) bond motifs is 9. The zero-order chi connectivity index (χ0) is 41.8. The number of benzene rings is 10. The second kappa shape index (κ2) is 13.7. The van der Waals surface area contributed by atoms with E-state index < -0.39 is 0 Å². The van der Waals surface area contributed by atoms with Gasteiger partial charge in [0.15, 0.2) is 0 Å². The van der Waals surface area contributed by atoms with Crippen LogP contribution in [0.1, 0.15) is 25.0 Å². The summed E-state index contributed by atoms with van der Waals surface area (Å²) in [6, 6.07) is 75.5. The third kappa shape index (κ3) is 5.54. The molecule has 0 saturated heterocycles. The van der Waals surface area contributed by atoms with E-state index in [4.69, 9.17) is 4.42 Å². The van der Waals surface area contributed by atoms with Crippen molar-refractivity contribution in [3.8, 4) is 22.3 Å². The van der Waals surface area contributed by atoms with Crippen LogP contribution in [0.4, 0.5) is 34.1 Å². The molecular formula is C59H40N2OS. The van der Waals surface area contributed by atoms with Crippen LogP contribution in [-0.2, 0) is 5.41 Å². The van der Waals surface area contributed by atoms with Crippen LogP contribution in [0.5, 0.6) is 0 Å². The summed E-state index contributed by atoms with van der Waals surface area (Å²) in [5.74, 6) is 0. The number of nitrogens with zero attached hydrogens (tertiary/aromatic N) is 2. The quantitative estimate of drug-likeness (QED) is 0.166. The molecule has 11 aromatic rings. The smallest absolute Gasteiger partial charge is 0.135 e. The van der Waals surface area contributed by atoms with Gasteiger partial charge in [-0.05, 0) is 129 Å². The molecule has 0 atom stereocenters. The van der Waals surface area contributed by atoms with Crippen molar-refractivity contribution < 1.29 is 4.42 Å². The number of hydrogen-bond acceptors (Lipinski definition) is 4. The molecule has 0 fully saturated rings. The van der Waals surface area contributed by atoms with Crippen LogP contribution in [0.25, 0.3) is 65.7 Å². The SMILES string of the molecule is CC1(C)c2ccccc2-c2cc(N(c3ccccc3)c3ccc4c5c(cccc35)Sc3cc(N(c5ccc6ccccc6c5)c5ccc6oc7ccccc7c6c5)ccc3-4)ccc21. The Bertz CT molecular complexity index is 3660. The maximum absolute atomic E-state index is 6.28. The van der Waals surface area contributed by atoms with Crippen molar-refractivity contribution in [1.29, 1.82) is 0 Å². The minimum atomic E-state index is -0.0540. The second-order valence-corrected chi connectivity index (χ2v) is 18.4. The lowest BCUT2D eigenvalue weighted by molar-refractivity contribution is 0.660. The molecular weight excluding hydrogens is 785 g/mol. The normalized spacial score (nSPS) is 13.3. The molecule has 13 rings (SSSR count). The van der Waals surface area contributed by atoms with Crippen LogP contribution in [0, 0.1) is 0 Å². The highest BCUT2D eigenvalue weighted by Crippen LogP contribution is 2.54. The highest BCUT2D eigenvalue weighted by molar-refractivity contribution is 7.99. The Balaban J connectivity index is 0.956. The molecule has 4 heteroatoms. The Morgan fingerprint density at radius 1 is 0.381 bits per heavy atom. The standard InChI is InChI=1S/C59H40N2OS/c1-59(2)51-20-10-8-17-44(51)49-34-42(26-30-52(49)59)61(39-15-4-3-5-16-39)53-31-29-47-46-28-25-43(36-57(46)63-56-22-12-19-48(53)58(47)56)60(40-24-23-37-13-6-7-14-38(37)33-40)41-27-32-55-50(35-41)45-18-9-11-21-54(45)62-55/h3-36H,1-2H3. The highest BCUT2D eigenvalue weighted by Gasteiger charge is 2.36. The first-order valence-electron chi connectivity index (χ1n) is 21.7. The largest absolute Gasteiger partial charge is 0.456 e. The zero-order valence-corrected chi connectivity index (χ0v) is 35.7. The molecule has 3 nitrogen and oxygen atoms in total. The van der Waals surface area contributed by atoms with Crippen LogP contribution in [0.3, 0.4) is 0 Å². The van der Waals surface area contributed by atoms with E-state index in [2.05, 4.69) is 218 Å². The summed E-state index contributed by atoms with van der Waals surface area (Å²) in [4.78, 5) is 7.33. The lowest BCUT2D eigenvalue weighted by atomic mass is 9.82. The minimum Gasteiger partial charge on any atom is -0.456 e. The fourth-order valence-corrected chi connectivity index (χ4v) is 11.6. The van der Waals surface area contributed by atoms with Crippen molar-refractivity contribution >= 4 is 89.4 Å². The molecule has 0 N–H and O–H groups in total. The Morgan fingerprint density at radius 3 is 1.97 bits per heavy atom. The van der Waals surface area contributed by atoms with E-state index in [9.17, 15) is 0 Å². The fourth-order valence-electron chi connectivity index (χ4n) is 10.4. The third-order valence-electron chi connectivity index (χ3n) is 13.4. The molecule has 2 aliphatic rings. The molecule has 1 aromatic heterocycles. The molecule has 298 valence electrons. The predicted molar refractivity (Wildman–Crippen MR) is 265 cm³/mol. The fraction of sp³-hybridized carbons (Fsp3) is 0.0508. The first-order chi connectivity index (χ1) is 31.0. The maximum Gasteiger partial charge on any atom is 0.135 e. The van der Waals surface area contributed by atoms with Crippen molar-refractivity contribution in [2.45, 2.75) is 29.1 Å². The van der Waals surface area contributed by atoms with Crippen LogP contribution in [0.2, 0.25) is 0 Å². The summed E-state index contributed by atoms with van der Waals surface area (Å²) in [5, 5.41) is 7.17. The van der Waals surface area contributed by atoms with Gasteiger partial charge in [-0.15, -0.1) is 0 Å². The van der Waals surface area contributed by atoms with Gasteiger partial charge in [0.05, 0.1) is 5.69 Å². The topological polar surface area (TPSA) is 19.6 Å². The number of anilines is 6. The molecule has 2 heterocycles. The predicted octanol–water partition coefficient (Wildman–Crippen LogP) is 17.3. The van der Waals surface area contributed by atoms with E-state index in [1.54, 1.807) is 0 Å². The van der Waals surface area contributed by atoms with E-state index in [-0.39, 0.29) is 5.41 Å². The summed E-state index contributed by atoms with van der Waals surface area (Å²) >= 11 is 1.87. The third-order valence-corrected chi connectivity index (χ3v) is 14.5. The van der Waals surface area contributed by atoms with E-state index in [1.807, 2.05) is 23.9 Å². The van der Waals surface area contributed by atoms with E-state index in [0.717, 1.165) is 56.1 Å². The molecule has 0 spiro atoms. The van der Waals surface area contributed by atoms with Crippen LogP contribution in [0.15, 0.2) is 220 Å². The Kier molecular flexibility index (Phi) is 7.88. The monoisotopic (exact) mass is 824 g/mol. The Morgan fingerprint density at radius 2 is 1.05 bits per heavy atom. The summed E-state index contributed by atoms with van der Waals surface area (Å²) in [7, 11) is 0. The number of para-hydroxylation sites is 2. The van der Waals surface area contributed by atoms with Gasteiger partial charge in [0.25, 0.3) is 0 Å². The Labute approximate surface area is 370 Å². The van der Waals surface area contributed by atoms with Crippen molar-refractivity contribution in [2.24, 2.45) is 0 Å². The van der Waals surface area contributed by atoms with Crippen LogP contribution >= 0.6 is 11.8 Å². The highest BCUT2D eigenvalue weighted by atomic mass is 32.2. The molecule has 1 aliphatic heterocycles. The van der Waals surface area contributed by atoms with Gasteiger partial charge in [-0.1, -0.05) is 147 Å². The van der Waals surface area contributed by atoms with Gasteiger partial charge in [0, 0.05) is 65.2 Å². The van der Waals surface area contributed by atoms with Crippen molar-refractivity contribution in [2.75, 3.05) is 9.80 Å². The van der Waals surface area contributed by atoms with E-state index in [0.29, 0.717) is 0 Å². The molecule has 0 saturated carbocycles. The van der Waals surface area contributed by atoms with Gasteiger partial charge >= 0.3 is 0 Å². The number of furan rings is 1. The maximum atomic E-state index is 6.28. The summed E-state index contributed by atoms with van der Waals surface area (Å²) in [6.07, 6.45) is 0. The summed E-state index contributed by atoms with van der Waals surface area (Å²) in [6.45, 7) is 4.69. The molecule has 0 unspecified atom stereocenters. The van der Waals surface area contributed by atoms with Gasteiger partial charge in [0.1, 0.15) is 11.2 Å². The van der Waals surface area contributed by atoms with Gasteiger partial charge in [0.2, 0.25) is 0 Å². The molecule has 1 aliphatic carbocycles. The lowest BCUT2D eigenvalue weighted by Gasteiger charge is -2.30. The Hall–Kier alpha value is -7.53. The van der Waals surface area contributed by atoms with Crippen molar-refractivity contribution in [1.82, 2.24) is 0 Å². The molecule has 0 radical (unpaired) electrons. The summed E-state index contributed by atoms with van der Waals surface area (Å²) < 4.78 is 6.28.